The molecule has 0 aromatic heterocycles. The third-order valence-corrected chi connectivity index (χ3v) is 10.7. The van der Waals surface area contributed by atoms with Gasteiger partial charge in [0, 0.05) is 16.5 Å². The first kappa shape index (κ1) is 27.4. The van der Waals surface area contributed by atoms with Crippen LogP contribution in [0.3, 0.4) is 0 Å². The van der Waals surface area contributed by atoms with Gasteiger partial charge in [0.15, 0.2) is 5.75 Å². The minimum atomic E-state index is -0.471. The summed E-state index contributed by atoms with van der Waals surface area (Å²) in [6.45, 7) is 4.70. The lowest BCUT2D eigenvalue weighted by atomic mass is 9.68. The molecule has 9 rings (SSSR count). The average molecular weight is 584 g/mol. The van der Waals surface area contributed by atoms with E-state index in [1.165, 1.54) is 44.2 Å². The fourth-order valence-electron chi connectivity index (χ4n) is 8.43. The van der Waals surface area contributed by atoms with E-state index in [0.29, 0.717) is 5.56 Å². The third-order valence-electron chi connectivity index (χ3n) is 10.7. The van der Waals surface area contributed by atoms with Crippen LogP contribution in [0.2, 0.25) is 0 Å². The van der Waals surface area contributed by atoms with E-state index in [-0.39, 0.29) is 33.1 Å². The highest BCUT2D eigenvalue weighted by atomic mass is 16.3. The van der Waals surface area contributed by atoms with Crippen molar-refractivity contribution in [2.24, 2.45) is 0 Å². The maximum Gasteiger partial charge on any atom is 0.164 e. The number of hydrogen-bond donors (Lipinski definition) is 2. The molecule has 0 aliphatic heterocycles. The van der Waals surface area contributed by atoms with Crippen LogP contribution in [-0.2, 0) is 18.3 Å². The summed E-state index contributed by atoms with van der Waals surface area (Å²) in [6.07, 6.45) is 2.21. The predicted octanol–water partition coefficient (Wildman–Crippen LogP) is 6.68. The van der Waals surface area contributed by atoms with Crippen molar-refractivity contribution < 1.29 is 10.2 Å². The molecule has 0 amide bonds. The number of fused-ring (bicyclic) bond motifs is 6. The molecule has 5 heteroatoms. The molecule has 46 heavy (non-hydrogen) atoms. The van der Waals surface area contributed by atoms with Gasteiger partial charge in [0.05, 0.1) is 0 Å². The van der Waals surface area contributed by atoms with E-state index in [4.69, 9.17) is 23.5 Å². The zero-order valence-electron chi connectivity index (χ0n) is 25.7. The van der Waals surface area contributed by atoms with Crippen molar-refractivity contribution in [1.82, 2.24) is 0 Å². The number of aryl methyl sites for hydroxylation is 2. The van der Waals surface area contributed by atoms with Crippen molar-refractivity contribution >= 4 is 72.2 Å². The molecule has 0 unspecified atom stereocenters. The summed E-state index contributed by atoms with van der Waals surface area (Å²) in [6, 6.07) is 32.5. The highest BCUT2D eigenvalue weighted by Crippen LogP contribution is 2.55. The molecular weight excluding hydrogens is 557 g/mol. The van der Waals surface area contributed by atoms with E-state index in [2.05, 4.69) is 68.4 Å². The lowest BCUT2D eigenvalue weighted by Crippen LogP contribution is -2.40. The van der Waals surface area contributed by atoms with E-state index in [0.717, 1.165) is 45.5 Å². The van der Waals surface area contributed by atoms with Crippen molar-refractivity contribution in [2.75, 3.05) is 0 Å². The molecule has 0 saturated heterocycles. The van der Waals surface area contributed by atoms with E-state index >= 15 is 0 Å². The van der Waals surface area contributed by atoms with Gasteiger partial charge in [-0.3, -0.25) is 0 Å². The molecule has 212 valence electrons. The van der Waals surface area contributed by atoms with Crippen LogP contribution in [-0.4, -0.2) is 33.8 Å². The average Bonchev–Trinajstić information content (AvgIpc) is 3.59. The predicted molar refractivity (Wildman–Crippen MR) is 194 cm³/mol. The Hall–Kier alpha value is -4.89. The topological polar surface area (TPSA) is 40.5 Å². The zero-order chi connectivity index (χ0) is 31.6. The van der Waals surface area contributed by atoms with Crippen molar-refractivity contribution in [3.8, 4) is 44.9 Å². The van der Waals surface area contributed by atoms with Crippen LogP contribution in [0, 0.1) is 0 Å². The van der Waals surface area contributed by atoms with Crippen LogP contribution in [0.1, 0.15) is 36.1 Å². The second-order valence-electron chi connectivity index (χ2n) is 13.3. The summed E-state index contributed by atoms with van der Waals surface area (Å²) in [5.74, 6) is -0.853. The van der Waals surface area contributed by atoms with Crippen LogP contribution < -0.4 is 16.4 Å². The molecule has 0 bridgehead atoms. The molecule has 2 aliphatic rings. The molecular formula is C41H27B3O2. The van der Waals surface area contributed by atoms with Gasteiger partial charge >= 0.3 is 0 Å². The van der Waals surface area contributed by atoms with E-state index in [1.54, 1.807) is 0 Å². The third kappa shape index (κ3) is 3.41. The molecule has 0 atom stereocenters. The number of phenolic OH excluding ortho intramolecular Hbond substituents is 2. The Kier molecular flexibility index (Phi) is 5.56. The molecule has 0 spiro atoms. The second-order valence-corrected chi connectivity index (χ2v) is 13.3. The van der Waals surface area contributed by atoms with Crippen molar-refractivity contribution in [3.63, 3.8) is 0 Å². The Bertz CT molecular complexity index is 2420. The van der Waals surface area contributed by atoms with Gasteiger partial charge in [-0.2, -0.15) is 0 Å². The summed E-state index contributed by atoms with van der Waals surface area (Å²) in [4.78, 5) is 0. The van der Waals surface area contributed by atoms with Crippen LogP contribution >= 0.6 is 0 Å². The second kappa shape index (κ2) is 9.33. The van der Waals surface area contributed by atoms with Crippen molar-refractivity contribution in [3.05, 3.63) is 113 Å². The Balaban J connectivity index is 1.35. The zero-order valence-corrected chi connectivity index (χ0v) is 25.7. The highest BCUT2D eigenvalue weighted by molar-refractivity contribution is 6.60. The maximum absolute atomic E-state index is 11.2. The molecule has 0 saturated carbocycles. The van der Waals surface area contributed by atoms with Crippen LogP contribution in [0.15, 0.2) is 91.0 Å². The summed E-state index contributed by atoms with van der Waals surface area (Å²) in [7, 11) is 18.8. The Labute approximate surface area is 272 Å². The van der Waals surface area contributed by atoms with Gasteiger partial charge in [-0.1, -0.05) is 110 Å². The molecule has 7 aromatic rings. The Morgan fingerprint density at radius 1 is 0.522 bits per heavy atom. The largest absolute Gasteiger partial charge is 0.505 e. The molecule has 0 fully saturated rings. The van der Waals surface area contributed by atoms with Crippen LogP contribution in [0.4, 0.5) is 0 Å². The van der Waals surface area contributed by atoms with Crippen LogP contribution in [0.5, 0.6) is 11.5 Å². The summed E-state index contributed by atoms with van der Waals surface area (Å²) in [5.41, 5.74) is 11.4. The first-order valence-electron chi connectivity index (χ1n) is 15.7. The number of phenols is 2. The Morgan fingerprint density at radius 3 is 1.80 bits per heavy atom. The van der Waals surface area contributed by atoms with Gasteiger partial charge in [0.25, 0.3) is 0 Å². The molecule has 2 aliphatic carbocycles. The molecule has 6 radical (unpaired) electrons. The lowest BCUT2D eigenvalue weighted by Gasteiger charge is -2.24. The van der Waals surface area contributed by atoms with Crippen LogP contribution in [0.25, 0.3) is 65.7 Å². The smallest absolute Gasteiger partial charge is 0.164 e. The van der Waals surface area contributed by atoms with Gasteiger partial charge in [-0.15, -0.1) is 5.46 Å². The fraction of sp³-hybridized carbons (Fsp3) is 0.122. The van der Waals surface area contributed by atoms with Crippen molar-refractivity contribution in [2.45, 2.75) is 32.1 Å². The monoisotopic (exact) mass is 584 g/mol. The minimum Gasteiger partial charge on any atom is -0.505 e. The van der Waals surface area contributed by atoms with Crippen molar-refractivity contribution in [1.29, 1.82) is 0 Å². The number of benzene rings is 7. The fourth-order valence-corrected chi connectivity index (χ4v) is 8.43. The quantitative estimate of drug-likeness (QED) is 0.135. The van der Waals surface area contributed by atoms with Gasteiger partial charge in [0.2, 0.25) is 0 Å². The lowest BCUT2D eigenvalue weighted by molar-refractivity contribution is 0.409. The first-order chi connectivity index (χ1) is 22.2. The molecule has 2 N–H and O–H groups in total. The Morgan fingerprint density at radius 2 is 1.13 bits per heavy atom. The molecule has 0 heterocycles. The normalized spacial score (nSPS) is 14.3. The summed E-state index contributed by atoms with van der Waals surface area (Å²) >= 11 is 0. The molecule has 7 aromatic carbocycles. The van der Waals surface area contributed by atoms with E-state index < -0.39 is 5.75 Å². The highest BCUT2D eigenvalue weighted by Gasteiger charge is 2.38. The van der Waals surface area contributed by atoms with Gasteiger partial charge in [0.1, 0.15) is 29.3 Å². The van der Waals surface area contributed by atoms with E-state index in [1.807, 2.05) is 36.4 Å². The maximum atomic E-state index is 11.2. The van der Waals surface area contributed by atoms with Gasteiger partial charge in [-0.25, -0.2) is 0 Å². The number of rotatable bonds is 2. The molecule has 2 nitrogen and oxygen atoms in total. The minimum absolute atomic E-state index is 0.0467. The van der Waals surface area contributed by atoms with Gasteiger partial charge in [-0.05, 0) is 95.7 Å². The standard InChI is InChI=1S/C41H27B3O2/c1-41(2)29-18-22(16-17-27(29)33-28-13-7-8-20-14-15-21(31(20)28)19-30(33)41)32-23-9-3-5-11-25(23)34(26-12-6-4-10-24(26)32)35-36(42)37(43)38(44)40(46)39(35)45/h3-13,16-19,45-46H,14-15H2,1-2H3. The summed E-state index contributed by atoms with van der Waals surface area (Å²) < 4.78 is 0. The first-order valence-corrected chi connectivity index (χ1v) is 15.7. The number of hydrogen-bond acceptors (Lipinski definition) is 2. The SMILES string of the molecule is [B]c1c([B])c(O)c(O)c(-c2c3ccccc3c(-c3ccc4c(c3)C(C)(C)c3cc5c6c(cccc6c3-4)CC5)c3ccccc23)c1[B]. The number of aromatic hydroxyl groups is 2. The van der Waals surface area contributed by atoms with E-state index in [9.17, 15) is 10.2 Å². The summed E-state index contributed by atoms with van der Waals surface area (Å²) in [5, 5.41) is 28.6. The van der Waals surface area contributed by atoms with Gasteiger partial charge < -0.3 is 10.2 Å².